The van der Waals surface area contributed by atoms with Crippen molar-refractivity contribution in [1.29, 1.82) is 0 Å². The fourth-order valence-electron chi connectivity index (χ4n) is 4.94. The summed E-state index contributed by atoms with van der Waals surface area (Å²) in [6.07, 6.45) is -0.0910. The van der Waals surface area contributed by atoms with Crippen LogP contribution < -0.4 is 10.1 Å². The van der Waals surface area contributed by atoms with Crippen LogP contribution in [-0.2, 0) is 22.5 Å². The molecule has 0 fully saturated rings. The number of aliphatic hydroxyl groups is 1. The molecule has 9 heteroatoms. The number of hydrogen-bond donors (Lipinski definition) is 2. The monoisotopic (exact) mass is 561 g/mol. The molecule has 2 atom stereocenters. The predicted molar refractivity (Wildman–Crippen MR) is 160 cm³/mol. The van der Waals surface area contributed by atoms with E-state index in [9.17, 15) is 10.3 Å². The molecule has 9 nitrogen and oxygen atoms in total. The van der Waals surface area contributed by atoms with Crippen LogP contribution in [0.5, 0.6) is 5.75 Å². The summed E-state index contributed by atoms with van der Waals surface area (Å²) in [6.45, 7) is 0.769. The van der Waals surface area contributed by atoms with Crippen molar-refractivity contribution in [2.24, 2.45) is 10.1 Å². The van der Waals surface area contributed by atoms with Crippen LogP contribution in [0, 0.1) is 0 Å². The molecule has 4 aromatic carbocycles. The zero-order valence-electron chi connectivity index (χ0n) is 23.0. The van der Waals surface area contributed by atoms with E-state index in [2.05, 4.69) is 15.3 Å². The number of carbonyl (C=O) groups excluding carboxylic acids is 1. The molecule has 5 rings (SSSR count). The third-order valence-corrected chi connectivity index (χ3v) is 7.03. The summed E-state index contributed by atoms with van der Waals surface area (Å²) < 4.78 is 12.2. The number of rotatable bonds is 12. The number of nitrogens with one attached hydrogen (secondary N) is 1. The van der Waals surface area contributed by atoms with E-state index in [0.29, 0.717) is 48.0 Å². The molecule has 0 saturated carbocycles. The second kappa shape index (κ2) is 13.5. The second-order valence-electron chi connectivity index (χ2n) is 9.86. The largest absolute Gasteiger partial charge is 0.494 e. The van der Waals surface area contributed by atoms with E-state index in [1.165, 1.54) is 0 Å². The third-order valence-electron chi connectivity index (χ3n) is 7.03. The van der Waals surface area contributed by atoms with E-state index in [1.54, 1.807) is 12.1 Å². The number of aliphatic hydroxyl groups excluding tert-OH is 1. The van der Waals surface area contributed by atoms with Gasteiger partial charge in [0.25, 0.3) is 5.91 Å². The zero-order valence-corrected chi connectivity index (χ0v) is 23.0. The van der Waals surface area contributed by atoms with Crippen molar-refractivity contribution >= 4 is 17.5 Å². The topological polar surface area (TPSA) is 129 Å². The Bertz CT molecular complexity index is 1570. The molecule has 1 heterocycles. The Hall–Kier alpha value is -5.11. The lowest BCUT2D eigenvalue weighted by Crippen LogP contribution is -2.49. The number of amides is 1. The van der Waals surface area contributed by atoms with Crippen LogP contribution in [0.1, 0.15) is 34.8 Å². The van der Waals surface area contributed by atoms with Gasteiger partial charge in [0.1, 0.15) is 5.75 Å². The molecular formula is C33H31N5O4. The normalized spacial score (nSPS) is 17.5. The van der Waals surface area contributed by atoms with Gasteiger partial charge in [-0.25, -0.2) is 4.99 Å². The van der Waals surface area contributed by atoms with E-state index < -0.39 is 11.6 Å². The van der Waals surface area contributed by atoms with E-state index in [1.807, 2.05) is 97.1 Å². The number of benzene rings is 4. The van der Waals surface area contributed by atoms with Crippen molar-refractivity contribution in [2.45, 2.75) is 31.0 Å². The molecule has 212 valence electrons. The Kier molecular flexibility index (Phi) is 9.13. The Morgan fingerprint density at radius 3 is 2.38 bits per heavy atom. The van der Waals surface area contributed by atoms with Crippen LogP contribution in [-0.4, -0.2) is 35.7 Å². The van der Waals surface area contributed by atoms with Gasteiger partial charge in [0.05, 0.1) is 6.61 Å². The smallest absolute Gasteiger partial charge is 0.252 e. The number of azide groups is 1. The molecule has 0 aromatic heterocycles. The maximum atomic E-state index is 14.3. The first-order valence-electron chi connectivity index (χ1n) is 13.7. The molecule has 0 spiro atoms. The molecule has 2 N–H and O–H groups in total. The number of aliphatic imine (C=N–C) groups is 1. The maximum absolute atomic E-state index is 14.3. The quantitative estimate of drug-likeness (QED) is 0.0922. The van der Waals surface area contributed by atoms with Crippen molar-refractivity contribution in [1.82, 2.24) is 5.32 Å². The molecule has 0 saturated heterocycles. The molecule has 1 aliphatic rings. The Morgan fingerprint density at radius 2 is 1.67 bits per heavy atom. The highest BCUT2D eigenvalue weighted by atomic mass is 16.5. The summed E-state index contributed by atoms with van der Waals surface area (Å²) in [7, 11) is 0. The average Bonchev–Trinajstić information content (AvgIpc) is 3.43. The zero-order chi connectivity index (χ0) is 29.2. The lowest BCUT2D eigenvalue weighted by atomic mass is 9.81. The minimum absolute atomic E-state index is 0.0564. The minimum atomic E-state index is -1.41. The van der Waals surface area contributed by atoms with Crippen LogP contribution in [0.4, 0.5) is 5.69 Å². The molecule has 42 heavy (non-hydrogen) atoms. The highest BCUT2D eigenvalue weighted by molar-refractivity contribution is 6.01. The Morgan fingerprint density at radius 1 is 0.976 bits per heavy atom. The maximum Gasteiger partial charge on any atom is 0.252 e. The number of carbonyl (C=O) groups is 1. The minimum Gasteiger partial charge on any atom is -0.494 e. The number of hydrogen-bond acceptors (Lipinski definition) is 6. The van der Waals surface area contributed by atoms with Gasteiger partial charge in [0.15, 0.2) is 11.6 Å². The van der Waals surface area contributed by atoms with Crippen molar-refractivity contribution in [2.75, 3.05) is 13.2 Å². The summed E-state index contributed by atoms with van der Waals surface area (Å²) in [5, 5.41) is 16.0. The standard InChI is InChI=1S/C33H31N5O4/c34-38-37-29-15-8-7-14-27(29)22-33(32(40)35-23-24-10-3-1-4-11-24)30(25-12-5-2-6-13-25)42-31(36-33)26-16-18-28(19-17-26)41-21-9-20-39/h1-8,10-19,30,39H,9,20-23H2,(H,35,40)/t30-,33-/m0/s1. The molecule has 0 unspecified atom stereocenters. The Labute approximate surface area is 244 Å². The van der Waals surface area contributed by atoms with E-state index in [-0.39, 0.29) is 18.9 Å². The van der Waals surface area contributed by atoms with Crippen molar-refractivity contribution < 1.29 is 19.4 Å². The molecule has 4 aromatic rings. The summed E-state index contributed by atoms with van der Waals surface area (Å²) >= 11 is 0. The number of ether oxygens (including phenoxy) is 2. The summed E-state index contributed by atoms with van der Waals surface area (Å²) in [4.78, 5) is 22.4. The summed E-state index contributed by atoms with van der Waals surface area (Å²) in [6, 6.07) is 33.7. The number of nitrogens with zero attached hydrogens (tertiary/aromatic N) is 4. The SMILES string of the molecule is [N-]=[N+]=Nc1ccccc1C[C@]1(C(=O)NCc2ccccc2)N=C(c2ccc(OCCCO)cc2)O[C@H]1c1ccccc1. The first-order valence-corrected chi connectivity index (χ1v) is 13.7. The summed E-state index contributed by atoms with van der Waals surface area (Å²) in [5.74, 6) is 0.664. The first-order chi connectivity index (χ1) is 20.6. The van der Waals surface area contributed by atoms with Gasteiger partial charge in [-0.1, -0.05) is 90.0 Å². The highest BCUT2D eigenvalue weighted by Gasteiger charge is 2.53. The van der Waals surface area contributed by atoms with Crippen molar-refractivity contribution in [3.05, 3.63) is 142 Å². The van der Waals surface area contributed by atoms with Crippen LogP contribution in [0.2, 0.25) is 0 Å². The fourth-order valence-corrected chi connectivity index (χ4v) is 4.94. The van der Waals surface area contributed by atoms with Crippen molar-refractivity contribution in [3.63, 3.8) is 0 Å². The van der Waals surface area contributed by atoms with Gasteiger partial charge in [-0.3, -0.25) is 4.79 Å². The van der Waals surface area contributed by atoms with Gasteiger partial charge in [0, 0.05) is 42.2 Å². The van der Waals surface area contributed by atoms with Crippen LogP contribution in [0.25, 0.3) is 10.4 Å². The van der Waals surface area contributed by atoms with Crippen LogP contribution in [0.3, 0.4) is 0 Å². The lowest BCUT2D eigenvalue weighted by Gasteiger charge is -2.31. The van der Waals surface area contributed by atoms with Crippen LogP contribution in [0.15, 0.2) is 119 Å². The summed E-state index contributed by atoms with van der Waals surface area (Å²) in [5.41, 5.74) is 11.3. The second-order valence-corrected chi connectivity index (χ2v) is 9.86. The molecule has 0 radical (unpaired) electrons. The predicted octanol–water partition coefficient (Wildman–Crippen LogP) is 6.21. The van der Waals surface area contributed by atoms with E-state index in [4.69, 9.17) is 19.6 Å². The Balaban J connectivity index is 1.58. The molecule has 1 amide bonds. The first kappa shape index (κ1) is 28.4. The average molecular weight is 562 g/mol. The van der Waals surface area contributed by atoms with Gasteiger partial charge in [-0.15, -0.1) is 0 Å². The third kappa shape index (κ3) is 6.44. The highest BCUT2D eigenvalue weighted by Crippen LogP contribution is 2.43. The van der Waals surface area contributed by atoms with Crippen LogP contribution >= 0.6 is 0 Å². The lowest BCUT2D eigenvalue weighted by molar-refractivity contribution is -0.129. The van der Waals surface area contributed by atoms with E-state index >= 15 is 0 Å². The molecule has 0 aliphatic carbocycles. The van der Waals surface area contributed by atoms with Gasteiger partial charge in [-0.05, 0) is 46.5 Å². The molecule has 0 bridgehead atoms. The molecule has 1 aliphatic heterocycles. The van der Waals surface area contributed by atoms with Gasteiger partial charge in [0.2, 0.25) is 5.90 Å². The van der Waals surface area contributed by atoms with Gasteiger partial charge in [-0.2, -0.15) is 0 Å². The van der Waals surface area contributed by atoms with Gasteiger partial charge >= 0.3 is 0 Å². The fraction of sp³-hybridized carbons (Fsp3) is 0.212. The van der Waals surface area contributed by atoms with E-state index in [0.717, 1.165) is 11.1 Å². The molecular weight excluding hydrogens is 530 g/mol. The van der Waals surface area contributed by atoms with Crippen molar-refractivity contribution in [3.8, 4) is 5.75 Å². The van der Waals surface area contributed by atoms with Gasteiger partial charge < -0.3 is 19.9 Å².